The molecular weight excluding hydrogens is 601 g/mol. The normalized spacial score (nSPS) is 24.7. The van der Waals surface area contributed by atoms with Crippen LogP contribution in [0.3, 0.4) is 0 Å². The van der Waals surface area contributed by atoms with Gasteiger partial charge in [0, 0.05) is 29.6 Å². The van der Waals surface area contributed by atoms with Crippen molar-refractivity contribution < 1.29 is 28.6 Å². The van der Waals surface area contributed by atoms with E-state index < -0.39 is 41.4 Å². The maximum Gasteiger partial charge on any atom is 0.414 e. The second-order valence-corrected chi connectivity index (χ2v) is 13.1. The standard InChI is InChI=1S/C36H38FN5O5/c1-23-31(35(2,3)37)30(16-17-40-22-28(38-39-40)32(43)25-12-8-5-9-13-25)47-36(23)27-20-26(41-18-19-46-34(41)45)14-15-29(27)42(33(36)44)21-24-10-6-4-7-11-24/h4-15,20,22-23,30-32,43H,16-19,21H2,1-3H3/t23-,30+,31-,32+,36+/m0/s1. The Bertz CT molecular complexity index is 1780. The number of nitrogens with zero attached hydrogens (tertiary/aromatic N) is 5. The largest absolute Gasteiger partial charge is 0.447 e. The highest BCUT2D eigenvalue weighted by Gasteiger charge is 2.66. The molecule has 3 aromatic carbocycles. The number of alkyl halides is 1. The van der Waals surface area contributed by atoms with E-state index in [1.807, 2.05) is 85.8 Å². The Labute approximate surface area is 272 Å². The fourth-order valence-electron chi connectivity index (χ4n) is 7.64. The van der Waals surface area contributed by atoms with Crippen LogP contribution in [0.15, 0.2) is 85.1 Å². The fraction of sp³-hybridized carbons (Fsp3) is 0.389. The molecule has 1 aromatic heterocycles. The van der Waals surface area contributed by atoms with E-state index in [4.69, 9.17) is 9.47 Å². The summed E-state index contributed by atoms with van der Waals surface area (Å²) in [7, 11) is 0. The summed E-state index contributed by atoms with van der Waals surface area (Å²) in [4.78, 5) is 30.5. The quantitative estimate of drug-likeness (QED) is 0.256. The number of fused-ring (bicyclic) bond motifs is 2. The van der Waals surface area contributed by atoms with Crippen molar-refractivity contribution >= 4 is 23.4 Å². The van der Waals surface area contributed by atoms with E-state index >= 15 is 4.39 Å². The van der Waals surface area contributed by atoms with Gasteiger partial charge in [0.05, 0.1) is 31.1 Å². The highest BCUT2D eigenvalue weighted by Crippen LogP contribution is 2.59. The van der Waals surface area contributed by atoms with Crippen LogP contribution < -0.4 is 9.80 Å². The monoisotopic (exact) mass is 639 g/mol. The van der Waals surface area contributed by atoms with Crippen LogP contribution in [0.4, 0.5) is 20.6 Å². The van der Waals surface area contributed by atoms with Crippen molar-refractivity contribution in [1.82, 2.24) is 15.0 Å². The van der Waals surface area contributed by atoms with E-state index in [1.54, 1.807) is 15.8 Å². The van der Waals surface area contributed by atoms with Crippen LogP contribution in [0, 0.1) is 11.8 Å². The van der Waals surface area contributed by atoms with Crippen LogP contribution >= 0.6 is 0 Å². The molecule has 2 fully saturated rings. The number of carbonyl (C=O) groups is 2. The molecule has 0 saturated carbocycles. The average Bonchev–Trinajstić information content (AvgIpc) is 3.83. The average molecular weight is 640 g/mol. The molecule has 7 rings (SSSR count). The molecule has 0 unspecified atom stereocenters. The number of hydrogen-bond acceptors (Lipinski definition) is 7. The number of carbonyl (C=O) groups excluding carboxylic acids is 2. The molecule has 1 N–H and O–H groups in total. The Morgan fingerprint density at radius 1 is 1.06 bits per heavy atom. The smallest absolute Gasteiger partial charge is 0.414 e. The molecule has 0 aliphatic carbocycles. The SMILES string of the molecule is C[C@H]1[C@H](C(C)(C)F)[C@@H](CCn2cc([C@H](O)c3ccccc3)nn2)O[C@]12C(=O)N(Cc1ccccc1)c1ccc(N3CCOC3=O)cc12. The van der Waals surface area contributed by atoms with Crippen LogP contribution in [-0.2, 0) is 33.0 Å². The predicted molar refractivity (Wildman–Crippen MR) is 172 cm³/mol. The van der Waals surface area contributed by atoms with Gasteiger partial charge < -0.3 is 19.5 Å². The first-order valence-electron chi connectivity index (χ1n) is 16.0. The highest BCUT2D eigenvalue weighted by molar-refractivity contribution is 6.08. The van der Waals surface area contributed by atoms with Crippen LogP contribution in [0.25, 0.3) is 0 Å². The lowest BCUT2D eigenvalue weighted by atomic mass is 9.71. The summed E-state index contributed by atoms with van der Waals surface area (Å²) >= 11 is 0. The number of halogens is 1. The van der Waals surface area contributed by atoms with Gasteiger partial charge in [-0.25, -0.2) is 9.18 Å². The van der Waals surface area contributed by atoms with Crippen molar-refractivity contribution in [1.29, 1.82) is 0 Å². The molecule has 4 heterocycles. The van der Waals surface area contributed by atoms with E-state index in [2.05, 4.69) is 10.3 Å². The molecule has 2 amide bonds. The topological polar surface area (TPSA) is 110 Å². The van der Waals surface area contributed by atoms with E-state index in [9.17, 15) is 14.7 Å². The van der Waals surface area contributed by atoms with Gasteiger partial charge in [0.2, 0.25) is 0 Å². The zero-order chi connectivity index (χ0) is 32.9. The molecule has 5 atom stereocenters. The highest BCUT2D eigenvalue weighted by atomic mass is 19.1. The lowest BCUT2D eigenvalue weighted by Crippen LogP contribution is -2.45. The van der Waals surface area contributed by atoms with Gasteiger partial charge in [-0.05, 0) is 49.6 Å². The molecule has 244 valence electrons. The second-order valence-electron chi connectivity index (χ2n) is 13.1. The minimum atomic E-state index is -1.69. The van der Waals surface area contributed by atoms with E-state index in [1.165, 1.54) is 18.7 Å². The zero-order valence-electron chi connectivity index (χ0n) is 26.6. The Kier molecular flexibility index (Phi) is 7.84. The van der Waals surface area contributed by atoms with Gasteiger partial charge in [-0.15, -0.1) is 5.10 Å². The fourth-order valence-corrected chi connectivity index (χ4v) is 7.64. The molecule has 1 spiro atoms. The van der Waals surface area contributed by atoms with Gasteiger partial charge in [-0.3, -0.25) is 14.4 Å². The Morgan fingerprint density at radius 2 is 1.79 bits per heavy atom. The first-order chi connectivity index (χ1) is 22.6. The van der Waals surface area contributed by atoms with Crippen LogP contribution in [0.5, 0.6) is 0 Å². The number of aliphatic hydroxyl groups excluding tert-OH is 1. The maximum atomic E-state index is 16.2. The van der Waals surface area contributed by atoms with Gasteiger partial charge in [-0.1, -0.05) is 72.8 Å². The molecule has 10 nitrogen and oxygen atoms in total. The number of cyclic esters (lactones) is 1. The summed E-state index contributed by atoms with van der Waals surface area (Å²) < 4.78 is 29.9. The van der Waals surface area contributed by atoms with Crippen LogP contribution in [0.2, 0.25) is 0 Å². The first-order valence-corrected chi connectivity index (χ1v) is 16.0. The van der Waals surface area contributed by atoms with Gasteiger partial charge in [0.15, 0.2) is 5.60 Å². The summed E-state index contributed by atoms with van der Waals surface area (Å²) in [6.45, 7) is 6.28. The molecular formula is C36H38FN5O5. The minimum Gasteiger partial charge on any atom is -0.447 e. The predicted octanol–water partition coefficient (Wildman–Crippen LogP) is 5.55. The third-order valence-corrected chi connectivity index (χ3v) is 9.79. The van der Waals surface area contributed by atoms with Crippen molar-refractivity contribution in [2.75, 3.05) is 23.0 Å². The summed E-state index contributed by atoms with van der Waals surface area (Å²) in [5.74, 6) is -1.45. The van der Waals surface area contributed by atoms with Gasteiger partial charge in [0.25, 0.3) is 5.91 Å². The van der Waals surface area contributed by atoms with Crippen molar-refractivity contribution in [2.24, 2.45) is 11.8 Å². The number of aryl methyl sites for hydroxylation is 1. The van der Waals surface area contributed by atoms with Crippen LogP contribution in [-0.4, -0.2) is 57.0 Å². The summed E-state index contributed by atoms with van der Waals surface area (Å²) in [5.41, 5.74) is 0.785. The van der Waals surface area contributed by atoms with Gasteiger partial charge >= 0.3 is 6.09 Å². The molecule has 2 saturated heterocycles. The number of benzene rings is 3. The Hall–Kier alpha value is -4.61. The molecule has 0 bridgehead atoms. The number of aliphatic hydroxyl groups is 1. The number of anilines is 2. The molecule has 11 heteroatoms. The van der Waals surface area contributed by atoms with E-state index in [-0.39, 0.29) is 12.5 Å². The summed E-state index contributed by atoms with van der Waals surface area (Å²) in [5, 5.41) is 19.2. The van der Waals surface area contributed by atoms with Crippen molar-refractivity contribution in [3.63, 3.8) is 0 Å². The van der Waals surface area contributed by atoms with Crippen LogP contribution in [0.1, 0.15) is 55.7 Å². The van der Waals surface area contributed by atoms with E-state index in [0.29, 0.717) is 54.3 Å². The Balaban J connectivity index is 1.22. The molecule has 3 aliphatic heterocycles. The van der Waals surface area contributed by atoms with Crippen molar-refractivity contribution in [2.45, 2.75) is 63.8 Å². The van der Waals surface area contributed by atoms with Gasteiger partial charge in [0.1, 0.15) is 24.1 Å². The first kappa shape index (κ1) is 31.0. The van der Waals surface area contributed by atoms with Crippen molar-refractivity contribution in [3.05, 3.63) is 107 Å². The molecule has 3 aliphatic rings. The number of hydrogen-bond donors (Lipinski definition) is 1. The van der Waals surface area contributed by atoms with Gasteiger partial charge in [-0.2, -0.15) is 0 Å². The molecule has 47 heavy (non-hydrogen) atoms. The maximum absolute atomic E-state index is 16.2. The number of amides is 2. The number of ether oxygens (including phenoxy) is 2. The zero-order valence-corrected chi connectivity index (χ0v) is 26.6. The lowest BCUT2D eigenvalue weighted by molar-refractivity contribution is -0.146. The lowest BCUT2D eigenvalue weighted by Gasteiger charge is -2.32. The van der Waals surface area contributed by atoms with Crippen molar-refractivity contribution in [3.8, 4) is 0 Å². The third-order valence-electron chi connectivity index (χ3n) is 9.79. The summed E-state index contributed by atoms with van der Waals surface area (Å²) in [6.07, 6.45) is 0.00764. The minimum absolute atomic E-state index is 0.254. The van der Waals surface area contributed by atoms with E-state index in [0.717, 1.165) is 5.56 Å². The summed E-state index contributed by atoms with van der Waals surface area (Å²) in [6, 6.07) is 24.4. The number of aromatic nitrogens is 3. The molecule has 0 radical (unpaired) electrons. The third kappa shape index (κ3) is 5.37. The number of rotatable bonds is 9. The molecule has 4 aromatic rings. The Morgan fingerprint density at radius 3 is 2.47 bits per heavy atom. The second kappa shape index (κ2) is 11.9.